The van der Waals surface area contributed by atoms with Crippen LogP contribution in [0.25, 0.3) is 21.3 Å². The molecule has 0 saturated heterocycles. The number of carbonyl (C=O) groups excluding carboxylic acids is 1. The van der Waals surface area contributed by atoms with Gasteiger partial charge in [-0.05, 0) is 30.7 Å². The lowest BCUT2D eigenvalue weighted by atomic mass is 10.0. The number of nitrogens with one attached hydrogen (secondary N) is 2. The van der Waals surface area contributed by atoms with Crippen molar-refractivity contribution in [3.05, 3.63) is 111 Å². The molecular weight excluding hydrogens is 432 g/mol. The fourth-order valence-electron chi connectivity index (χ4n) is 3.76. The van der Waals surface area contributed by atoms with E-state index in [1.807, 2.05) is 79.7 Å². The highest BCUT2D eigenvalue weighted by atomic mass is 32.1. The van der Waals surface area contributed by atoms with Gasteiger partial charge in [-0.3, -0.25) is 9.59 Å². The SMILES string of the molecule is Cc1nc(-c2ccccc2)sc1C(=O)Nc1cccc(Cc2n[nH]c(=O)c3ccccc23)c1. The van der Waals surface area contributed by atoms with E-state index in [9.17, 15) is 9.59 Å². The summed E-state index contributed by atoms with van der Waals surface area (Å²) in [5, 5.41) is 12.1. The summed E-state index contributed by atoms with van der Waals surface area (Å²) in [5.41, 5.74) is 3.94. The van der Waals surface area contributed by atoms with Crippen molar-refractivity contribution in [3.8, 4) is 10.6 Å². The zero-order valence-electron chi connectivity index (χ0n) is 17.8. The van der Waals surface area contributed by atoms with Gasteiger partial charge in [0.25, 0.3) is 11.5 Å². The lowest BCUT2D eigenvalue weighted by molar-refractivity contribution is 0.103. The van der Waals surface area contributed by atoms with E-state index < -0.39 is 0 Å². The zero-order chi connectivity index (χ0) is 22.8. The lowest BCUT2D eigenvalue weighted by Crippen LogP contribution is -2.12. The van der Waals surface area contributed by atoms with E-state index in [0.29, 0.717) is 28.1 Å². The maximum atomic E-state index is 13.0. The molecule has 7 heteroatoms. The Morgan fingerprint density at radius 3 is 2.55 bits per heavy atom. The van der Waals surface area contributed by atoms with Crippen LogP contribution < -0.4 is 10.9 Å². The number of fused-ring (bicyclic) bond motifs is 1. The average Bonchev–Trinajstić information content (AvgIpc) is 3.24. The number of aromatic nitrogens is 3. The number of aryl methyl sites for hydroxylation is 1. The van der Waals surface area contributed by atoms with Crippen LogP contribution in [0.5, 0.6) is 0 Å². The van der Waals surface area contributed by atoms with Crippen molar-refractivity contribution in [3.63, 3.8) is 0 Å². The summed E-state index contributed by atoms with van der Waals surface area (Å²) in [7, 11) is 0. The first-order chi connectivity index (χ1) is 16.1. The van der Waals surface area contributed by atoms with Gasteiger partial charge in [-0.1, -0.05) is 60.7 Å². The normalized spacial score (nSPS) is 10.9. The van der Waals surface area contributed by atoms with Crippen LogP contribution in [0.2, 0.25) is 0 Å². The molecule has 0 bridgehead atoms. The molecule has 0 atom stereocenters. The Morgan fingerprint density at radius 1 is 0.970 bits per heavy atom. The number of aromatic amines is 1. The number of nitrogens with zero attached hydrogens (tertiary/aromatic N) is 2. The van der Waals surface area contributed by atoms with E-state index in [2.05, 4.69) is 20.5 Å². The van der Waals surface area contributed by atoms with Gasteiger partial charge in [-0.25, -0.2) is 10.1 Å². The molecule has 0 aliphatic carbocycles. The average molecular weight is 453 g/mol. The highest BCUT2D eigenvalue weighted by molar-refractivity contribution is 7.17. The summed E-state index contributed by atoms with van der Waals surface area (Å²) in [5.74, 6) is -0.183. The van der Waals surface area contributed by atoms with Crippen molar-refractivity contribution >= 4 is 33.7 Å². The van der Waals surface area contributed by atoms with Gasteiger partial charge in [0.2, 0.25) is 0 Å². The molecule has 0 radical (unpaired) electrons. The largest absolute Gasteiger partial charge is 0.321 e. The van der Waals surface area contributed by atoms with Crippen molar-refractivity contribution in [2.75, 3.05) is 5.32 Å². The Balaban J connectivity index is 1.38. The molecule has 2 N–H and O–H groups in total. The van der Waals surface area contributed by atoms with Gasteiger partial charge in [0.05, 0.1) is 16.8 Å². The van der Waals surface area contributed by atoms with Gasteiger partial charge >= 0.3 is 0 Å². The van der Waals surface area contributed by atoms with Crippen molar-refractivity contribution in [1.29, 1.82) is 0 Å². The number of benzene rings is 3. The van der Waals surface area contributed by atoms with Gasteiger partial charge in [0, 0.05) is 23.1 Å². The summed E-state index contributed by atoms with van der Waals surface area (Å²) in [4.78, 5) is 30.2. The third-order valence-corrected chi connectivity index (χ3v) is 6.56. The van der Waals surface area contributed by atoms with Crippen molar-refractivity contribution < 1.29 is 4.79 Å². The second kappa shape index (κ2) is 8.80. The molecule has 5 aromatic rings. The fourth-order valence-corrected chi connectivity index (χ4v) is 4.72. The minimum absolute atomic E-state index is 0.183. The zero-order valence-corrected chi connectivity index (χ0v) is 18.6. The van der Waals surface area contributed by atoms with Crippen LogP contribution in [0.4, 0.5) is 5.69 Å². The first-order valence-corrected chi connectivity index (χ1v) is 11.3. The van der Waals surface area contributed by atoms with Crippen LogP contribution >= 0.6 is 11.3 Å². The van der Waals surface area contributed by atoms with Crippen molar-refractivity contribution in [2.24, 2.45) is 0 Å². The monoisotopic (exact) mass is 452 g/mol. The molecule has 5 rings (SSSR count). The predicted octanol–water partition coefficient (Wildman–Crippen LogP) is 5.20. The number of H-pyrrole nitrogens is 1. The first-order valence-electron chi connectivity index (χ1n) is 10.5. The highest BCUT2D eigenvalue weighted by Crippen LogP contribution is 2.28. The molecule has 0 aliphatic heterocycles. The quantitative estimate of drug-likeness (QED) is 0.384. The second-order valence-corrected chi connectivity index (χ2v) is 8.67. The van der Waals surface area contributed by atoms with Gasteiger partial charge in [-0.2, -0.15) is 5.10 Å². The molecule has 33 heavy (non-hydrogen) atoms. The van der Waals surface area contributed by atoms with Crippen molar-refractivity contribution in [2.45, 2.75) is 13.3 Å². The first kappa shape index (κ1) is 20.8. The fraction of sp³-hybridized carbons (Fsp3) is 0.0769. The number of thiazole rings is 1. The number of amides is 1. The maximum absolute atomic E-state index is 13.0. The summed E-state index contributed by atoms with van der Waals surface area (Å²) >= 11 is 1.38. The Morgan fingerprint density at radius 2 is 1.73 bits per heavy atom. The molecular formula is C26H20N4O2S. The smallest absolute Gasteiger partial charge is 0.272 e. The third-order valence-electron chi connectivity index (χ3n) is 5.35. The lowest BCUT2D eigenvalue weighted by Gasteiger charge is -2.08. The van der Waals surface area contributed by atoms with E-state index in [4.69, 9.17) is 0 Å². The van der Waals surface area contributed by atoms with Gasteiger partial charge in [-0.15, -0.1) is 11.3 Å². The van der Waals surface area contributed by atoms with Gasteiger partial charge < -0.3 is 5.32 Å². The van der Waals surface area contributed by atoms with Gasteiger partial charge in [0.1, 0.15) is 9.88 Å². The van der Waals surface area contributed by atoms with Crippen LogP contribution in [0.3, 0.4) is 0 Å². The minimum atomic E-state index is -0.204. The van der Waals surface area contributed by atoms with Crippen LogP contribution in [-0.2, 0) is 6.42 Å². The van der Waals surface area contributed by atoms with Gasteiger partial charge in [0.15, 0.2) is 0 Å². The molecule has 162 valence electrons. The molecule has 2 heterocycles. The Hall–Kier alpha value is -4.10. The Kier molecular flexibility index (Phi) is 5.54. The standard InChI is InChI=1S/C26H20N4O2S/c1-16-23(33-26(27-16)18-9-3-2-4-10-18)25(32)28-19-11-7-8-17(14-19)15-22-20-12-5-6-13-21(20)24(31)30-29-22/h2-14H,15H2,1H3,(H,28,32)(H,30,31). The third kappa shape index (κ3) is 4.31. The van der Waals surface area contributed by atoms with E-state index >= 15 is 0 Å². The molecule has 6 nitrogen and oxygen atoms in total. The molecule has 3 aromatic carbocycles. The van der Waals surface area contributed by atoms with Crippen molar-refractivity contribution in [1.82, 2.24) is 15.2 Å². The Labute approximate surface area is 194 Å². The molecule has 0 fully saturated rings. The minimum Gasteiger partial charge on any atom is -0.321 e. The molecule has 0 aliphatic rings. The summed E-state index contributed by atoms with van der Waals surface area (Å²) < 4.78 is 0. The summed E-state index contributed by atoms with van der Waals surface area (Å²) in [6.45, 7) is 1.85. The number of hydrogen-bond donors (Lipinski definition) is 2. The van der Waals surface area contributed by atoms with Crippen LogP contribution in [0.1, 0.15) is 26.6 Å². The number of anilines is 1. The van der Waals surface area contributed by atoms with Crippen LogP contribution in [-0.4, -0.2) is 21.1 Å². The Bertz CT molecular complexity index is 1520. The molecule has 0 spiro atoms. The summed E-state index contributed by atoms with van der Waals surface area (Å²) in [6.07, 6.45) is 0.527. The summed E-state index contributed by atoms with van der Waals surface area (Å²) in [6, 6.07) is 24.9. The topological polar surface area (TPSA) is 87.7 Å². The molecule has 2 aromatic heterocycles. The molecule has 0 unspecified atom stereocenters. The number of rotatable bonds is 5. The van der Waals surface area contributed by atoms with Crippen LogP contribution in [0, 0.1) is 6.92 Å². The molecule has 0 saturated carbocycles. The number of hydrogen-bond acceptors (Lipinski definition) is 5. The molecule has 1 amide bonds. The van der Waals surface area contributed by atoms with E-state index in [0.717, 1.165) is 27.2 Å². The van der Waals surface area contributed by atoms with E-state index in [1.54, 1.807) is 6.07 Å². The number of carbonyl (C=O) groups is 1. The highest BCUT2D eigenvalue weighted by Gasteiger charge is 2.17. The predicted molar refractivity (Wildman–Crippen MR) is 132 cm³/mol. The maximum Gasteiger partial charge on any atom is 0.272 e. The van der Waals surface area contributed by atoms with E-state index in [1.165, 1.54) is 11.3 Å². The second-order valence-electron chi connectivity index (χ2n) is 7.68. The van der Waals surface area contributed by atoms with Crippen LogP contribution in [0.15, 0.2) is 83.7 Å². The van der Waals surface area contributed by atoms with E-state index in [-0.39, 0.29) is 11.5 Å².